The molecule has 32 heteroatoms. The van der Waals surface area contributed by atoms with Crippen LogP contribution in [-0.2, 0) is 97.0 Å². The Labute approximate surface area is 768 Å². The highest BCUT2D eigenvalue weighted by Gasteiger charge is 2.54. The van der Waals surface area contributed by atoms with Crippen LogP contribution in [0.25, 0.3) is 22.3 Å². The summed E-state index contributed by atoms with van der Waals surface area (Å²) in [4.78, 5) is 212. The maximum Gasteiger partial charge on any atom is 0.417 e. The molecule has 9 atom stereocenters. The van der Waals surface area contributed by atoms with Gasteiger partial charge in [-0.05, 0) is 205 Å². The molecule has 0 radical (unpaired) electrons. The van der Waals surface area contributed by atoms with E-state index in [1.807, 2.05) is 97.1 Å². The predicted molar refractivity (Wildman–Crippen MR) is 504 cm³/mol. The van der Waals surface area contributed by atoms with Gasteiger partial charge in [-0.15, -0.1) is 0 Å². The SMILES string of the molecule is CC(=O)N[C@@H](C)C(=O)NC(C)(C)C(=O)N[C@@H](C)C(=O)N(C(=O)OCC1c2ccccc2-c2ccccc21)[C@@H](CP(=S)(C1CCCCC1)C1CCCCC1)C(=O)N(C(=O)OCC1c2ccccc2-c2ccccc21)[C@@H](CP(=S)(C1CCCCC1)C1CCCCC1)C(=O)N[C@@H](C)C(=O)N[C@@H](C)C(=O)N[C@@H](Cc1ccccc1)C(=O)N[C@@H](C)C(=O)NC(C)(C)C(=O)N[C@@H](C)C(N)=O. The molecular weight excluding hydrogens is 1720 g/mol. The summed E-state index contributed by atoms with van der Waals surface area (Å²) in [6.07, 6.45) is 12.2. The van der Waals surface area contributed by atoms with Gasteiger partial charge in [0.05, 0.1) is 0 Å². The van der Waals surface area contributed by atoms with Gasteiger partial charge in [-0.1, -0.05) is 228 Å². The Balaban J connectivity index is 1.03. The molecule has 14 amide bonds. The molecule has 5 aromatic rings. The fourth-order valence-electron chi connectivity index (χ4n) is 19.5. The zero-order chi connectivity index (χ0) is 93.4. The second-order valence-corrected chi connectivity index (χ2v) is 48.3. The van der Waals surface area contributed by atoms with Crippen molar-refractivity contribution in [2.24, 2.45) is 5.73 Å². The number of rotatable bonds is 36. The lowest BCUT2D eigenvalue weighted by atomic mass is 9.98. The summed E-state index contributed by atoms with van der Waals surface area (Å²) in [5, 5.41) is 23.9. The number of carbonyl (C=O) groups is 14. The molecule has 28 nitrogen and oxygen atoms in total. The molecule has 0 spiro atoms. The topological polar surface area (TPSA) is 398 Å². The second kappa shape index (κ2) is 44.3. The monoisotopic (exact) mass is 1840 g/mol. The zero-order valence-electron chi connectivity index (χ0n) is 76.2. The first-order chi connectivity index (χ1) is 61.3. The van der Waals surface area contributed by atoms with Crippen LogP contribution in [0.1, 0.15) is 244 Å². The number of ether oxygens (including phenoxy) is 2. The van der Waals surface area contributed by atoms with Crippen molar-refractivity contribution in [2.75, 3.05) is 25.5 Å². The smallest absolute Gasteiger partial charge is 0.417 e. The van der Waals surface area contributed by atoms with Gasteiger partial charge in [-0.25, -0.2) is 19.4 Å². The minimum atomic E-state index is -3.19. The van der Waals surface area contributed by atoms with Crippen molar-refractivity contribution in [1.82, 2.24) is 57.7 Å². The molecule has 129 heavy (non-hydrogen) atoms. The Kier molecular flexibility index (Phi) is 34.2. The Morgan fingerprint density at radius 1 is 0.380 bits per heavy atom. The molecule has 11 rings (SSSR count). The standard InChI is InChI=1S/C97H130N12O16P2S2/c1-58(83(98)111)103-92(120)96(8,9)107-87(115)62(5)101-88(116)80(53-65-35-17-12-18-36-65)105-85(113)60(3)100-84(112)59(2)102-89(117)81(56-126(128,66-37-19-13-20-38-66)67-39-21-14-22-40-67)108(94(122)124-54-78-74-49-31-27-45-70(74)71-46-28-32-50-75(71)78)91(119)82(57-127(129,68-41-23-15-24-42-68)69-43-25-16-26-44-69)109(90(118)63(6)104-93(121)97(10,11)106-86(114)61(4)99-64(7)110)95(123)125-55-79-76-51-33-29-47-72(76)73-48-30-34-52-77(73)79/h12,17-18,27-36,45-52,58-63,66-69,78-82H,13-16,19-26,37-44,53-57H2,1-11H3,(H2,98,111)(H,99,110)(H,100,112)(H,101,116)(H,102,117)(H,103,120)(H,104,121)(H,105,113)(H,106,114)(H,107,115)/t58-,59-,60-,61-,62-,63-,80-,81-,82-/m0/s1. The van der Waals surface area contributed by atoms with Crippen LogP contribution in [0.2, 0.25) is 0 Å². The third-order valence-corrected chi connectivity index (χ3v) is 40.2. The number of hydrogen-bond donors (Lipinski definition) is 10. The molecule has 4 saturated carbocycles. The molecule has 0 saturated heterocycles. The number of imide groups is 2. The third-order valence-electron chi connectivity index (χ3n) is 26.9. The van der Waals surface area contributed by atoms with Crippen LogP contribution in [0.15, 0.2) is 127 Å². The fraction of sp³-hybridized carbons (Fsp3) is 0.546. The summed E-state index contributed by atoms with van der Waals surface area (Å²) in [5.74, 6) is -11.8. The molecule has 0 aliphatic heterocycles. The summed E-state index contributed by atoms with van der Waals surface area (Å²) in [7, 11) is 0. The number of carbonyl (C=O) groups excluding carboxylic acids is 14. The van der Waals surface area contributed by atoms with Gasteiger partial charge < -0.3 is 63.1 Å². The van der Waals surface area contributed by atoms with E-state index in [4.69, 9.17) is 38.8 Å². The van der Waals surface area contributed by atoms with Gasteiger partial charge in [0, 0.05) is 37.5 Å². The number of nitrogens with two attached hydrogens (primary N) is 1. The highest BCUT2D eigenvalue weighted by Crippen LogP contribution is 2.66. The molecule has 11 N–H and O–H groups in total. The number of primary amides is 1. The lowest BCUT2D eigenvalue weighted by Gasteiger charge is -2.46. The van der Waals surface area contributed by atoms with Gasteiger partial charge in [0.15, 0.2) is 0 Å². The summed E-state index contributed by atoms with van der Waals surface area (Å²) in [6.45, 7) is 14.3. The van der Waals surface area contributed by atoms with Crippen molar-refractivity contribution in [3.05, 3.63) is 155 Å². The van der Waals surface area contributed by atoms with Gasteiger partial charge in [-0.3, -0.25) is 57.5 Å². The Hall–Kier alpha value is -10.0. The zero-order valence-corrected chi connectivity index (χ0v) is 79.6. The molecule has 0 bridgehead atoms. The molecule has 0 heterocycles. The average Bonchev–Trinajstić information content (AvgIpc) is 1.03. The van der Waals surface area contributed by atoms with E-state index >= 15 is 33.6 Å². The Morgan fingerprint density at radius 2 is 0.698 bits per heavy atom. The van der Waals surface area contributed by atoms with Crippen LogP contribution in [0.5, 0.6) is 0 Å². The third kappa shape index (κ3) is 24.2. The average molecular weight is 1850 g/mol. The van der Waals surface area contributed by atoms with E-state index in [1.54, 1.807) is 30.3 Å². The van der Waals surface area contributed by atoms with Crippen LogP contribution in [-0.4, -0.2) is 207 Å². The molecule has 4 fully saturated rings. The normalized spacial score (nSPS) is 17.9. The van der Waals surface area contributed by atoms with Crippen LogP contribution in [0.4, 0.5) is 9.59 Å². The molecular formula is C97H130N12O16P2S2. The molecule has 5 aromatic carbocycles. The molecule has 6 aliphatic carbocycles. The van der Waals surface area contributed by atoms with Crippen LogP contribution in [0, 0.1) is 0 Å². The van der Waals surface area contributed by atoms with Gasteiger partial charge in [0.25, 0.3) is 11.8 Å². The van der Waals surface area contributed by atoms with E-state index in [-0.39, 0.29) is 48.0 Å². The van der Waals surface area contributed by atoms with E-state index in [2.05, 4.69) is 47.9 Å². The summed E-state index contributed by atoms with van der Waals surface area (Å²) < 4.78 is 13.4. The molecule has 0 aromatic heterocycles. The van der Waals surface area contributed by atoms with Gasteiger partial charge in [0.1, 0.15) is 78.7 Å². The van der Waals surface area contributed by atoms with E-state index in [0.29, 0.717) is 61.8 Å². The van der Waals surface area contributed by atoms with E-state index in [1.165, 1.54) is 76.2 Å². The number of amides is 14. The lowest BCUT2D eigenvalue weighted by Crippen LogP contribution is -2.65. The van der Waals surface area contributed by atoms with Crippen LogP contribution >= 0.6 is 12.1 Å². The first-order valence-corrected chi connectivity index (χ1v) is 52.2. The Morgan fingerprint density at radius 3 is 1.08 bits per heavy atom. The summed E-state index contributed by atoms with van der Waals surface area (Å²) in [5.41, 5.74) is 8.68. The van der Waals surface area contributed by atoms with E-state index in [9.17, 15) is 33.6 Å². The van der Waals surface area contributed by atoms with Crippen molar-refractivity contribution in [3.63, 3.8) is 0 Å². The number of nitrogens with zero attached hydrogens (tertiary/aromatic N) is 2. The van der Waals surface area contributed by atoms with Gasteiger partial charge >= 0.3 is 12.2 Å². The van der Waals surface area contributed by atoms with Crippen molar-refractivity contribution in [1.29, 1.82) is 0 Å². The fourth-order valence-corrected chi connectivity index (χ4v) is 32.0. The first kappa shape index (κ1) is 99.6. The first-order valence-electron chi connectivity index (χ1n) is 45.9. The molecule has 0 unspecified atom stereocenters. The van der Waals surface area contributed by atoms with E-state index < -0.39 is 179 Å². The van der Waals surface area contributed by atoms with Crippen LogP contribution < -0.4 is 53.6 Å². The second-order valence-electron chi connectivity index (χ2n) is 37.2. The van der Waals surface area contributed by atoms with Crippen molar-refractivity contribution >= 4 is 119 Å². The Bertz CT molecular complexity index is 4930. The highest BCUT2D eigenvalue weighted by atomic mass is 32.4. The largest absolute Gasteiger partial charge is 0.448 e. The summed E-state index contributed by atoms with van der Waals surface area (Å²) >= 11 is 14.8. The summed E-state index contributed by atoms with van der Waals surface area (Å²) in [6, 6.07) is 19.3. The maximum atomic E-state index is 18.4. The van der Waals surface area contributed by atoms with Crippen molar-refractivity contribution < 1.29 is 76.6 Å². The van der Waals surface area contributed by atoms with Crippen molar-refractivity contribution in [3.8, 4) is 22.3 Å². The predicted octanol–water partition coefficient (Wildman–Crippen LogP) is 11.6. The van der Waals surface area contributed by atoms with Gasteiger partial charge in [-0.2, -0.15) is 0 Å². The van der Waals surface area contributed by atoms with E-state index in [0.717, 1.165) is 126 Å². The number of hydrogen-bond acceptors (Lipinski definition) is 18. The number of benzene rings is 5. The molecule has 6 aliphatic rings. The minimum absolute atomic E-state index is 0.111. The quantitative estimate of drug-likeness (QED) is 0.0167. The van der Waals surface area contributed by atoms with Gasteiger partial charge in [0.2, 0.25) is 59.1 Å². The maximum absolute atomic E-state index is 18.4. The lowest BCUT2D eigenvalue weighted by molar-refractivity contribution is -0.147. The number of nitrogens with one attached hydrogen (secondary N) is 9. The molecule has 696 valence electrons. The van der Waals surface area contributed by atoms with Crippen LogP contribution in [0.3, 0.4) is 0 Å². The number of fused-ring (bicyclic) bond motifs is 6. The highest BCUT2D eigenvalue weighted by molar-refractivity contribution is 8.15. The van der Waals surface area contributed by atoms with Crippen molar-refractivity contribution in [2.45, 2.75) is 311 Å². The minimum Gasteiger partial charge on any atom is -0.448 e.